The maximum Gasteiger partial charge on any atom is 0.337 e. The number of carbonyl (C=O) groups is 2. The molecule has 0 aliphatic carbocycles. The molecule has 1 saturated heterocycles. The van der Waals surface area contributed by atoms with E-state index in [2.05, 4.69) is 4.90 Å². The van der Waals surface area contributed by atoms with Gasteiger partial charge in [0.2, 0.25) is 5.91 Å². The van der Waals surface area contributed by atoms with E-state index in [0.717, 1.165) is 31.7 Å². The van der Waals surface area contributed by atoms with Crippen LogP contribution in [-0.4, -0.2) is 55.0 Å². The third-order valence-electron chi connectivity index (χ3n) is 3.89. The van der Waals surface area contributed by atoms with Crippen molar-refractivity contribution in [2.45, 2.75) is 19.9 Å². The molecular formula is C16H21ClN2O3. The largest absolute Gasteiger partial charge is 0.465 e. The van der Waals surface area contributed by atoms with Crippen LogP contribution in [-0.2, 0) is 16.1 Å². The molecule has 0 aromatic heterocycles. The van der Waals surface area contributed by atoms with Crippen LogP contribution in [0.3, 0.4) is 0 Å². The van der Waals surface area contributed by atoms with Gasteiger partial charge in [0.15, 0.2) is 0 Å². The highest BCUT2D eigenvalue weighted by molar-refractivity contribution is 6.31. The Morgan fingerprint density at radius 3 is 2.50 bits per heavy atom. The number of nitrogens with zero attached hydrogens (tertiary/aromatic N) is 2. The quantitative estimate of drug-likeness (QED) is 0.797. The van der Waals surface area contributed by atoms with E-state index in [4.69, 9.17) is 16.3 Å². The van der Waals surface area contributed by atoms with Gasteiger partial charge in [0.1, 0.15) is 0 Å². The first-order valence-electron chi connectivity index (χ1n) is 7.42. The second-order valence-electron chi connectivity index (χ2n) is 5.31. The Kier molecular flexibility index (Phi) is 5.80. The number of ether oxygens (including phenoxy) is 1. The highest BCUT2D eigenvalue weighted by Crippen LogP contribution is 2.21. The number of halogens is 1. The highest BCUT2D eigenvalue weighted by Gasteiger charge is 2.20. The highest BCUT2D eigenvalue weighted by atomic mass is 35.5. The molecule has 1 heterocycles. The van der Waals surface area contributed by atoms with Gasteiger partial charge in [-0.2, -0.15) is 0 Å². The van der Waals surface area contributed by atoms with E-state index in [-0.39, 0.29) is 11.9 Å². The second-order valence-corrected chi connectivity index (χ2v) is 5.72. The first kappa shape index (κ1) is 16.8. The van der Waals surface area contributed by atoms with Gasteiger partial charge in [-0.15, -0.1) is 0 Å². The van der Waals surface area contributed by atoms with E-state index >= 15 is 0 Å². The predicted octanol–water partition coefficient (Wildman–Crippen LogP) is 2.18. The molecule has 1 fully saturated rings. The molecular weight excluding hydrogens is 304 g/mol. The van der Waals surface area contributed by atoms with Gasteiger partial charge in [0.05, 0.1) is 12.7 Å². The van der Waals surface area contributed by atoms with E-state index in [0.29, 0.717) is 23.6 Å². The van der Waals surface area contributed by atoms with Crippen LogP contribution in [0.25, 0.3) is 0 Å². The molecule has 5 nitrogen and oxygen atoms in total. The van der Waals surface area contributed by atoms with Crippen molar-refractivity contribution in [2.24, 2.45) is 0 Å². The number of hydrogen-bond donors (Lipinski definition) is 0. The maximum absolute atomic E-state index is 11.7. The standard InChI is InChI=1S/C16H21ClN2O3/c1-3-15(20)19-8-6-18(7-9-19)11-13-10-12(16(21)22-2)4-5-14(13)17/h4-5,10H,3,6-9,11H2,1-2H3. The molecule has 1 aromatic carbocycles. The molecule has 1 aliphatic rings. The summed E-state index contributed by atoms with van der Waals surface area (Å²) < 4.78 is 4.73. The lowest BCUT2D eigenvalue weighted by Crippen LogP contribution is -2.48. The van der Waals surface area contributed by atoms with Crippen LogP contribution in [0, 0.1) is 0 Å². The molecule has 0 spiro atoms. The summed E-state index contributed by atoms with van der Waals surface area (Å²) in [6.45, 7) is 5.64. The van der Waals surface area contributed by atoms with Gasteiger partial charge < -0.3 is 9.64 Å². The van der Waals surface area contributed by atoms with Gasteiger partial charge in [-0.3, -0.25) is 9.69 Å². The number of benzene rings is 1. The Labute approximate surface area is 135 Å². The van der Waals surface area contributed by atoms with Gasteiger partial charge in [0, 0.05) is 44.2 Å². The first-order valence-corrected chi connectivity index (χ1v) is 7.79. The van der Waals surface area contributed by atoms with Gasteiger partial charge in [-0.05, 0) is 23.8 Å². The monoisotopic (exact) mass is 324 g/mol. The smallest absolute Gasteiger partial charge is 0.337 e. The summed E-state index contributed by atoms with van der Waals surface area (Å²) in [4.78, 5) is 27.4. The summed E-state index contributed by atoms with van der Waals surface area (Å²) in [5.74, 6) is -0.165. The van der Waals surface area contributed by atoms with E-state index < -0.39 is 0 Å². The minimum atomic E-state index is -0.365. The van der Waals surface area contributed by atoms with Gasteiger partial charge >= 0.3 is 5.97 Å². The van der Waals surface area contributed by atoms with E-state index in [1.807, 2.05) is 11.8 Å². The summed E-state index contributed by atoms with van der Waals surface area (Å²) in [6.07, 6.45) is 0.549. The van der Waals surface area contributed by atoms with Gasteiger partial charge in [-0.1, -0.05) is 18.5 Å². The fraction of sp³-hybridized carbons (Fsp3) is 0.500. The molecule has 2 rings (SSSR count). The number of rotatable bonds is 4. The van der Waals surface area contributed by atoms with Crippen LogP contribution in [0.1, 0.15) is 29.3 Å². The number of carbonyl (C=O) groups excluding carboxylic acids is 2. The topological polar surface area (TPSA) is 49.9 Å². The van der Waals surface area contributed by atoms with Crippen LogP contribution in [0.2, 0.25) is 5.02 Å². The summed E-state index contributed by atoms with van der Waals surface area (Å²) in [5, 5.41) is 0.639. The van der Waals surface area contributed by atoms with Crippen molar-refractivity contribution in [2.75, 3.05) is 33.3 Å². The Morgan fingerprint density at radius 2 is 1.91 bits per heavy atom. The maximum atomic E-state index is 11.7. The van der Waals surface area contributed by atoms with Crippen LogP contribution >= 0.6 is 11.6 Å². The minimum Gasteiger partial charge on any atom is -0.465 e. The summed E-state index contributed by atoms with van der Waals surface area (Å²) in [5.41, 5.74) is 1.40. The molecule has 0 N–H and O–H groups in total. The SMILES string of the molecule is CCC(=O)N1CCN(Cc2cc(C(=O)OC)ccc2Cl)CC1. The molecule has 0 bridgehead atoms. The number of hydrogen-bond acceptors (Lipinski definition) is 4. The zero-order valence-corrected chi connectivity index (χ0v) is 13.7. The zero-order chi connectivity index (χ0) is 16.1. The molecule has 22 heavy (non-hydrogen) atoms. The molecule has 0 radical (unpaired) electrons. The average Bonchev–Trinajstić information content (AvgIpc) is 2.56. The van der Waals surface area contributed by atoms with Crippen molar-refractivity contribution in [1.82, 2.24) is 9.80 Å². The number of methoxy groups -OCH3 is 1. The lowest BCUT2D eigenvalue weighted by Gasteiger charge is -2.34. The third-order valence-corrected chi connectivity index (χ3v) is 4.26. The van der Waals surface area contributed by atoms with Crippen LogP contribution in [0.15, 0.2) is 18.2 Å². The lowest BCUT2D eigenvalue weighted by atomic mass is 10.1. The third kappa shape index (κ3) is 3.99. The Balaban J connectivity index is 2.00. The fourth-order valence-corrected chi connectivity index (χ4v) is 2.74. The van der Waals surface area contributed by atoms with Crippen molar-refractivity contribution in [1.29, 1.82) is 0 Å². The van der Waals surface area contributed by atoms with Crippen LogP contribution in [0.5, 0.6) is 0 Å². The van der Waals surface area contributed by atoms with Gasteiger partial charge in [0.25, 0.3) is 0 Å². The number of esters is 1. The van der Waals surface area contributed by atoms with Crippen molar-refractivity contribution in [3.63, 3.8) is 0 Å². The molecule has 0 saturated carbocycles. The van der Waals surface area contributed by atoms with Crippen LogP contribution in [0.4, 0.5) is 0 Å². The predicted molar refractivity (Wildman–Crippen MR) is 84.9 cm³/mol. The fourth-order valence-electron chi connectivity index (χ4n) is 2.56. The molecule has 0 atom stereocenters. The van der Waals surface area contributed by atoms with Crippen molar-refractivity contribution < 1.29 is 14.3 Å². The number of amides is 1. The first-order chi connectivity index (χ1) is 10.5. The minimum absolute atomic E-state index is 0.199. The van der Waals surface area contributed by atoms with E-state index in [9.17, 15) is 9.59 Å². The Bertz CT molecular complexity index is 554. The Hall–Kier alpha value is -1.59. The number of piperazine rings is 1. The lowest BCUT2D eigenvalue weighted by molar-refractivity contribution is -0.132. The summed E-state index contributed by atoms with van der Waals surface area (Å²) >= 11 is 6.22. The van der Waals surface area contributed by atoms with Crippen molar-refractivity contribution in [3.8, 4) is 0 Å². The van der Waals surface area contributed by atoms with Gasteiger partial charge in [-0.25, -0.2) is 4.79 Å². The van der Waals surface area contributed by atoms with Crippen molar-refractivity contribution >= 4 is 23.5 Å². The average molecular weight is 325 g/mol. The molecule has 0 unspecified atom stereocenters. The molecule has 1 amide bonds. The summed E-state index contributed by atoms with van der Waals surface area (Å²) in [6, 6.07) is 5.16. The van der Waals surface area contributed by atoms with Crippen molar-refractivity contribution in [3.05, 3.63) is 34.3 Å². The normalized spacial score (nSPS) is 15.7. The molecule has 6 heteroatoms. The zero-order valence-electron chi connectivity index (χ0n) is 13.0. The Morgan fingerprint density at radius 1 is 1.23 bits per heavy atom. The van der Waals surface area contributed by atoms with E-state index in [1.165, 1.54) is 7.11 Å². The van der Waals surface area contributed by atoms with Crippen LogP contribution < -0.4 is 0 Å². The molecule has 1 aliphatic heterocycles. The molecule has 1 aromatic rings. The molecule has 120 valence electrons. The van der Waals surface area contributed by atoms with E-state index in [1.54, 1.807) is 18.2 Å². The summed E-state index contributed by atoms with van der Waals surface area (Å²) in [7, 11) is 1.36. The second kappa shape index (κ2) is 7.61.